The zero-order valence-corrected chi connectivity index (χ0v) is 20.2. The summed E-state index contributed by atoms with van der Waals surface area (Å²) in [6.07, 6.45) is 2.15. The van der Waals surface area contributed by atoms with Crippen molar-refractivity contribution in [3.05, 3.63) is 77.6 Å². The van der Waals surface area contributed by atoms with Gasteiger partial charge in [0.25, 0.3) is 0 Å². The molecule has 0 spiro atoms. The predicted octanol–water partition coefficient (Wildman–Crippen LogP) is 3.96. The number of anilines is 3. The van der Waals surface area contributed by atoms with Crippen LogP contribution in [0.15, 0.2) is 60.8 Å². The van der Waals surface area contributed by atoms with E-state index in [1.165, 1.54) is 11.9 Å². The maximum absolute atomic E-state index is 13.1. The van der Waals surface area contributed by atoms with Crippen LogP contribution in [0.2, 0.25) is 0 Å². The molecule has 0 aliphatic carbocycles. The molecule has 8 heteroatoms. The quantitative estimate of drug-likeness (QED) is 0.369. The fourth-order valence-electron chi connectivity index (χ4n) is 3.98. The van der Waals surface area contributed by atoms with Crippen molar-refractivity contribution in [2.75, 3.05) is 50.1 Å². The highest BCUT2D eigenvalue weighted by atomic mass is 16.5. The topological polar surface area (TPSA) is 87.7 Å². The van der Waals surface area contributed by atoms with E-state index >= 15 is 0 Å². The molecule has 1 aromatic heterocycles. The van der Waals surface area contributed by atoms with Crippen LogP contribution in [0.3, 0.4) is 0 Å². The number of nitrogens with zero attached hydrogens (tertiary/aromatic N) is 4. The Labute approximate surface area is 205 Å². The Morgan fingerprint density at radius 1 is 1.00 bits per heavy atom. The van der Waals surface area contributed by atoms with Crippen molar-refractivity contribution in [1.29, 1.82) is 0 Å². The Hall–Kier alpha value is -3.78. The number of ether oxygens (including phenoxy) is 1. The number of ketones is 1. The van der Waals surface area contributed by atoms with Gasteiger partial charge in [0.05, 0.1) is 6.61 Å². The lowest BCUT2D eigenvalue weighted by Crippen LogP contribution is -2.44. The van der Waals surface area contributed by atoms with Gasteiger partial charge in [-0.1, -0.05) is 30.3 Å². The summed E-state index contributed by atoms with van der Waals surface area (Å²) in [7, 11) is 2.14. The van der Waals surface area contributed by atoms with E-state index in [2.05, 4.69) is 44.3 Å². The van der Waals surface area contributed by atoms with Gasteiger partial charge in [0.1, 0.15) is 11.3 Å². The second kappa shape index (κ2) is 11.6. The van der Waals surface area contributed by atoms with Gasteiger partial charge < -0.3 is 19.9 Å². The van der Waals surface area contributed by atoms with E-state index in [4.69, 9.17) is 4.74 Å². The van der Waals surface area contributed by atoms with Gasteiger partial charge in [-0.05, 0) is 50.2 Å². The van der Waals surface area contributed by atoms with Crippen LogP contribution >= 0.6 is 0 Å². The van der Waals surface area contributed by atoms with Crippen LogP contribution in [-0.4, -0.2) is 66.5 Å². The average molecular weight is 474 g/mol. The summed E-state index contributed by atoms with van der Waals surface area (Å²) in [4.78, 5) is 38.9. The molecular formula is C27H31N5O3. The predicted molar refractivity (Wildman–Crippen MR) is 137 cm³/mol. The van der Waals surface area contributed by atoms with Crippen molar-refractivity contribution in [2.24, 2.45) is 0 Å². The first-order chi connectivity index (χ1) is 17.0. The van der Waals surface area contributed by atoms with Gasteiger partial charge in [-0.3, -0.25) is 4.79 Å². The minimum absolute atomic E-state index is 0.0749. The fourth-order valence-corrected chi connectivity index (χ4v) is 3.98. The van der Waals surface area contributed by atoms with Gasteiger partial charge in [-0.15, -0.1) is 0 Å². The van der Waals surface area contributed by atoms with Crippen LogP contribution in [0.1, 0.15) is 39.8 Å². The molecule has 1 saturated heterocycles. The number of carbonyl (C=O) groups is 2. The van der Waals surface area contributed by atoms with Crippen molar-refractivity contribution in [3.63, 3.8) is 0 Å². The molecule has 0 saturated carbocycles. The Balaban J connectivity index is 1.49. The average Bonchev–Trinajstić information content (AvgIpc) is 2.89. The Morgan fingerprint density at radius 2 is 1.71 bits per heavy atom. The minimum Gasteiger partial charge on any atom is -0.462 e. The third kappa shape index (κ3) is 6.42. The number of carbonyl (C=O) groups excluding carboxylic acids is 2. The summed E-state index contributed by atoms with van der Waals surface area (Å²) in [5.41, 5.74) is 3.17. The lowest BCUT2D eigenvalue weighted by Gasteiger charge is -2.34. The summed E-state index contributed by atoms with van der Waals surface area (Å²) in [6, 6.07) is 17.8. The molecule has 4 rings (SSSR count). The number of piperazine rings is 1. The smallest absolute Gasteiger partial charge is 0.342 e. The third-order valence-electron chi connectivity index (χ3n) is 6.02. The van der Waals surface area contributed by atoms with Crippen LogP contribution in [0.4, 0.5) is 17.3 Å². The Morgan fingerprint density at radius 3 is 2.40 bits per heavy atom. The van der Waals surface area contributed by atoms with Gasteiger partial charge in [0.2, 0.25) is 5.95 Å². The summed E-state index contributed by atoms with van der Waals surface area (Å²) < 4.78 is 5.12. The van der Waals surface area contributed by atoms with Gasteiger partial charge in [0.15, 0.2) is 5.78 Å². The van der Waals surface area contributed by atoms with Gasteiger partial charge >= 0.3 is 5.97 Å². The summed E-state index contributed by atoms with van der Waals surface area (Å²) in [5.74, 6) is -0.570. The molecule has 8 nitrogen and oxygen atoms in total. The first-order valence-corrected chi connectivity index (χ1v) is 12.0. The molecule has 0 unspecified atom stereocenters. The van der Waals surface area contributed by atoms with E-state index in [9.17, 15) is 9.59 Å². The molecule has 0 atom stereocenters. The molecule has 2 heterocycles. The number of aryl methyl sites for hydroxylation is 1. The second-order valence-electron chi connectivity index (χ2n) is 8.55. The van der Waals surface area contributed by atoms with Crippen LogP contribution < -0.4 is 10.2 Å². The zero-order valence-electron chi connectivity index (χ0n) is 20.2. The number of benzene rings is 2. The van der Waals surface area contributed by atoms with Gasteiger partial charge in [-0.2, -0.15) is 0 Å². The largest absolute Gasteiger partial charge is 0.462 e. The van der Waals surface area contributed by atoms with Crippen LogP contribution in [0.5, 0.6) is 0 Å². The highest BCUT2D eigenvalue weighted by Gasteiger charge is 2.22. The summed E-state index contributed by atoms with van der Waals surface area (Å²) in [6.45, 7) is 6.00. The second-order valence-corrected chi connectivity index (χ2v) is 8.55. The Bertz CT molecular complexity index is 1140. The molecule has 3 aromatic rings. The first kappa shape index (κ1) is 24.3. The molecule has 182 valence electrons. The van der Waals surface area contributed by atoms with Crippen LogP contribution in [-0.2, 0) is 11.2 Å². The van der Waals surface area contributed by atoms with Gasteiger partial charge in [0, 0.05) is 50.2 Å². The third-order valence-corrected chi connectivity index (χ3v) is 6.02. The number of rotatable bonds is 9. The first-order valence-electron chi connectivity index (χ1n) is 12.0. The number of hydrogen-bond donors (Lipinski definition) is 1. The molecule has 1 aliphatic rings. The number of nitrogens with one attached hydrogen (secondary N) is 1. The van der Waals surface area contributed by atoms with E-state index in [0.29, 0.717) is 6.42 Å². The molecule has 1 N–H and O–H groups in total. The monoisotopic (exact) mass is 473 g/mol. The number of esters is 1. The molecule has 0 amide bonds. The van der Waals surface area contributed by atoms with E-state index in [1.807, 2.05) is 42.5 Å². The molecule has 2 aromatic carbocycles. The number of aromatic nitrogens is 2. The van der Waals surface area contributed by atoms with E-state index in [0.717, 1.165) is 37.4 Å². The number of likely N-dealkylation sites (N-methyl/N-ethyl adjacent to an activating group) is 1. The van der Waals surface area contributed by atoms with Crippen molar-refractivity contribution in [3.8, 4) is 0 Å². The number of hydrogen-bond acceptors (Lipinski definition) is 8. The van der Waals surface area contributed by atoms with Crippen molar-refractivity contribution in [1.82, 2.24) is 14.9 Å². The maximum Gasteiger partial charge on any atom is 0.342 e. The lowest BCUT2D eigenvalue weighted by molar-refractivity contribution is 0.0521. The molecule has 0 bridgehead atoms. The van der Waals surface area contributed by atoms with Crippen LogP contribution in [0, 0.1) is 0 Å². The van der Waals surface area contributed by atoms with E-state index < -0.39 is 5.97 Å². The minimum atomic E-state index is -0.598. The fraction of sp³-hybridized carbons (Fsp3) is 0.333. The standard InChI is InChI=1S/C27H31N5O3/c1-3-35-26(34)23-19-28-27(30-25(23)24(33)14-9-20-7-5-4-6-8-20)29-21-10-12-22(13-11-21)32-17-15-31(2)16-18-32/h4-8,10-13,19H,3,9,14-18H2,1-2H3,(H,28,29,30). The van der Waals surface area contributed by atoms with Crippen molar-refractivity contribution < 1.29 is 14.3 Å². The normalized spacial score (nSPS) is 13.9. The summed E-state index contributed by atoms with van der Waals surface area (Å²) >= 11 is 0. The van der Waals surface area contributed by atoms with Crippen molar-refractivity contribution >= 4 is 29.1 Å². The lowest BCUT2D eigenvalue weighted by atomic mass is 10.0. The highest BCUT2D eigenvalue weighted by molar-refractivity contribution is 6.05. The molecule has 0 radical (unpaired) electrons. The molecular weight excluding hydrogens is 442 g/mol. The van der Waals surface area contributed by atoms with E-state index in [1.54, 1.807) is 6.92 Å². The molecule has 1 fully saturated rings. The maximum atomic E-state index is 13.1. The van der Waals surface area contributed by atoms with Gasteiger partial charge in [-0.25, -0.2) is 14.8 Å². The Kier molecular flexibility index (Phi) is 8.05. The zero-order chi connectivity index (χ0) is 24.6. The molecule has 1 aliphatic heterocycles. The SMILES string of the molecule is CCOC(=O)c1cnc(Nc2ccc(N3CCN(C)CC3)cc2)nc1C(=O)CCc1ccccc1. The van der Waals surface area contributed by atoms with Crippen molar-refractivity contribution in [2.45, 2.75) is 19.8 Å². The van der Waals surface area contributed by atoms with Crippen LogP contribution in [0.25, 0.3) is 0 Å². The molecule has 35 heavy (non-hydrogen) atoms. The summed E-state index contributed by atoms with van der Waals surface area (Å²) in [5, 5.41) is 3.16. The van der Waals surface area contributed by atoms with E-state index in [-0.39, 0.29) is 36.0 Å². The number of Topliss-reactive ketones (excluding diaryl/α,β-unsaturated/α-hetero) is 1. The highest BCUT2D eigenvalue weighted by Crippen LogP contribution is 2.22.